The Morgan fingerprint density at radius 1 is 1.21 bits per heavy atom. The molecule has 0 aromatic heterocycles. The molecule has 1 N–H and O–H groups in total. The van der Waals surface area contributed by atoms with E-state index in [1.165, 1.54) is 30.0 Å². The molecule has 0 saturated heterocycles. The summed E-state index contributed by atoms with van der Waals surface area (Å²) in [5.74, 6) is -0.251. The van der Waals surface area contributed by atoms with Crippen molar-refractivity contribution in [2.75, 3.05) is 11.9 Å². The van der Waals surface area contributed by atoms with Crippen molar-refractivity contribution in [1.82, 2.24) is 0 Å². The van der Waals surface area contributed by atoms with Gasteiger partial charge in [0.15, 0.2) is 5.17 Å². The van der Waals surface area contributed by atoms with Crippen molar-refractivity contribution in [3.05, 3.63) is 80.2 Å². The first-order valence-electron chi connectivity index (χ1n) is 8.00. The molecule has 0 saturated carbocycles. The largest absolute Gasteiger partial charge is 0.508 e. The third-order valence-electron chi connectivity index (χ3n) is 3.81. The highest BCUT2D eigenvalue weighted by molar-refractivity contribution is 8.18. The number of amides is 1. The van der Waals surface area contributed by atoms with Crippen LogP contribution >= 0.6 is 23.4 Å². The van der Waals surface area contributed by atoms with Gasteiger partial charge in [0.05, 0.1) is 9.83 Å². The predicted molar refractivity (Wildman–Crippen MR) is 112 cm³/mol. The summed E-state index contributed by atoms with van der Waals surface area (Å²) < 4.78 is 0. The fraction of sp³-hybridized carbons (Fsp3) is 0.0526. The number of nitro benzene ring substituents is 1. The summed E-state index contributed by atoms with van der Waals surface area (Å²) in [5, 5.41) is 20.9. The first-order chi connectivity index (χ1) is 13.3. The van der Waals surface area contributed by atoms with E-state index in [0.29, 0.717) is 20.7 Å². The number of aromatic hydroxyl groups is 1. The Hall–Kier alpha value is -3.10. The van der Waals surface area contributed by atoms with Crippen LogP contribution in [0.3, 0.4) is 0 Å². The van der Waals surface area contributed by atoms with Crippen LogP contribution in [0.5, 0.6) is 5.75 Å². The van der Waals surface area contributed by atoms with Crippen molar-refractivity contribution in [2.45, 2.75) is 0 Å². The van der Waals surface area contributed by atoms with E-state index in [0.717, 1.165) is 5.69 Å². The molecule has 7 nitrogen and oxygen atoms in total. The number of thioether (sulfide) groups is 1. The molecule has 142 valence electrons. The van der Waals surface area contributed by atoms with Gasteiger partial charge in [-0.25, -0.2) is 0 Å². The molecule has 28 heavy (non-hydrogen) atoms. The molecular formula is C19H14ClN3O4S. The fourth-order valence-corrected chi connectivity index (χ4v) is 3.53. The van der Waals surface area contributed by atoms with Crippen LogP contribution in [-0.4, -0.2) is 28.2 Å². The number of rotatable bonds is 4. The molecule has 0 spiro atoms. The van der Waals surface area contributed by atoms with Gasteiger partial charge in [-0.05, 0) is 65.9 Å². The highest BCUT2D eigenvalue weighted by atomic mass is 35.5. The quantitative estimate of drug-likeness (QED) is 0.447. The summed E-state index contributed by atoms with van der Waals surface area (Å²) in [6.45, 7) is 0. The fourth-order valence-electron chi connectivity index (χ4n) is 2.35. The van der Waals surface area contributed by atoms with E-state index in [9.17, 15) is 20.0 Å². The summed E-state index contributed by atoms with van der Waals surface area (Å²) in [7, 11) is 1.77. The third kappa shape index (κ3) is 4.59. The van der Waals surface area contributed by atoms with Crippen LogP contribution in [0.25, 0.3) is 6.08 Å². The van der Waals surface area contributed by atoms with E-state index < -0.39 is 10.8 Å². The van der Waals surface area contributed by atoms with Gasteiger partial charge in [-0.2, -0.15) is 4.99 Å². The normalized spacial score (nSPS) is 15.6. The van der Waals surface area contributed by atoms with E-state index >= 15 is 0 Å². The molecule has 0 unspecified atom stereocenters. The first kappa shape index (κ1) is 19.7. The zero-order chi connectivity index (χ0) is 20.3. The van der Waals surface area contributed by atoms with Crippen molar-refractivity contribution in [3.8, 4) is 5.75 Å². The van der Waals surface area contributed by atoms with Crippen LogP contribution in [-0.2, 0) is 4.79 Å². The summed E-state index contributed by atoms with van der Waals surface area (Å²) in [6, 6.07) is 12.4. The lowest BCUT2D eigenvalue weighted by Gasteiger charge is -2.17. The minimum Gasteiger partial charge on any atom is -0.508 e. The van der Waals surface area contributed by atoms with Gasteiger partial charge >= 0.3 is 0 Å². The monoisotopic (exact) mass is 415 g/mol. The van der Waals surface area contributed by atoms with Gasteiger partial charge in [0.2, 0.25) is 0 Å². The summed E-state index contributed by atoms with van der Waals surface area (Å²) in [6.07, 6.45) is 3.12. The lowest BCUT2D eigenvalue weighted by molar-refractivity contribution is -0.384. The number of benzene rings is 2. The lowest BCUT2D eigenvalue weighted by Crippen LogP contribution is -2.21. The highest BCUT2D eigenvalue weighted by Gasteiger charge is 2.25. The maximum atomic E-state index is 12.2. The number of anilines is 1. The second-order valence-corrected chi connectivity index (χ2v) is 7.21. The zero-order valence-electron chi connectivity index (χ0n) is 14.6. The Morgan fingerprint density at radius 3 is 2.46 bits per heavy atom. The third-order valence-corrected chi connectivity index (χ3v) is 5.09. The summed E-state index contributed by atoms with van der Waals surface area (Å²) in [4.78, 5) is 28.5. The smallest absolute Gasteiger partial charge is 0.286 e. The second-order valence-electron chi connectivity index (χ2n) is 5.76. The van der Waals surface area contributed by atoms with Crippen LogP contribution < -0.4 is 4.90 Å². The number of nitrogens with zero attached hydrogens (tertiary/aromatic N) is 3. The number of nitro groups is 1. The second kappa shape index (κ2) is 8.28. The topological polar surface area (TPSA) is 96.0 Å². The number of hydrogen-bond acceptors (Lipinski definition) is 6. The number of aliphatic imine (C=N–C) groups is 1. The highest BCUT2D eigenvalue weighted by Crippen LogP contribution is 2.32. The van der Waals surface area contributed by atoms with E-state index in [2.05, 4.69) is 4.99 Å². The van der Waals surface area contributed by atoms with Crippen LogP contribution in [0.4, 0.5) is 11.4 Å². The number of carbonyl (C=O) groups is 1. The number of carbonyl (C=O) groups excluding carboxylic acids is 1. The van der Waals surface area contributed by atoms with Gasteiger partial charge < -0.3 is 10.0 Å². The standard InChI is InChI=1S/C19H14ClN3O4S/c1-22(14-6-8-16(24)9-7-14)19-21-18(25)17(28-19)11-13(20)10-12-2-4-15(5-3-12)23(26)27/h2-11,24H,1H3/b13-10+,17-11-. The van der Waals surface area contributed by atoms with Crippen molar-refractivity contribution in [2.24, 2.45) is 4.99 Å². The lowest BCUT2D eigenvalue weighted by atomic mass is 10.2. The molecule has 2 aromatic carbocycles. The van der Waals surface area contributed by atoms with E-state index in [4.69, 9.17) is 11.6 Å². The molecule has 1 heterocycles. The molecule has 1 amide bonds. The molecule has 0 fully saturated rings. The molecule has 0 aliphatic carbocycles. The van der Waals surface area contributed by atoms with E-state index in [-0.39, 0.29) is 11.4 Å². The summed E-state index contributed by atoms with van der Waals surface area (Å²) >= 11 is 7.40. The molecule has 1 aliphatic heterocycles. The molecule has 1 aliphatic rings. The van der Waals surface area contributed by atoms with Crippen LogP contribution in [0, 0.1) is 10.1 Å². The Bertz CT molecular complexity index is 1010. The Balaban J connectivity index is 1.73. The maximum absolute atomic E-state index is 12.2. The number of hydrogen-bond donors (Lipinski definition) is 1. The molecule has 0 bridgehead atoms. The molecule has 0 atom stereocenters. The van der Waals surface area contributed by atoms with Crippen LogP contribution in [0.15, 0.2) is 69.5 Å². The van der Waals surface area contributed by atoms with Crippen molar-refractivity contribution < 1.29 is 14.8 Å². The van der Waals surface area contributed by atoms with E-state index in [1.807, 2.05) is 0 Å². The summed E-state index contributed by atoms with van der Waals surface area (Å²) in [5.41, 5.74) is 1.43. The molecule has 2 aromatic rings. The van der Waals surface area contributed by atoms with Gasteiger partial charge in [-0.3, -0.25) is 14.9 Å². The number of halogens is 1. The van der Waals surface area contributed by atoms with Crippen LogP contribution in [0.2, 0.25) is 0 Å². The van der Waals surface area contributed by atoms with Crippen molar-refractivity contribution in [1.29, 1.82) is 0 Å². The Morgan fingerprint density at radius 2 is 1.86 bits per heavy atom. The number of phenols is 1. The number of allylic oxidation sites excluding steroid dienone is 2. The van der Waals surface area contributed by atoms with E-state index in [1.54, 1.807) is 54.4 Å². The zero-order valence-corrected chi connectivity index (χ0v) is 16.1. The minimum absolute atomic E-state index is 0.0107. The number of phenolic OH excluding ortho intramolecular Hbond substituents is 1. The molecule has 9 heteroatoms. The number of amidine groups is 1. The maximum Gasteiger partial charge on any atom is 0.286 e. The van der Waals surface area contributed by atoms with Gasteiger partial charge in [0.25, 0.3) is 11.6 Å². The first-order valence-corrected chi connectivity index (χ1v) is 9.20. The molecular weight excluding hydrogens is 402 g/mol. The Kier molecular flexibility index (Phi) is 5.81. The number of non-ortho nitro benzene ring substituents is 1. The van der Waals surface area contributed by atoms with Crippen LogP contribution in [0.1, 0.15) is 5.56 Å². The molecule has 0 radical (unpaired) electrons. The van der Waals surface area contributed by atoms with Gasteiger partial charge in [0.1, 0.15) is 5.75 Å². The van der Waals surface area contributed by atoms with Gasteiger partial charge in [-0.15, -0.1) is 0 Å². The van der Waals surface area contributed by atoms with Gasteiger partial charge in [0, 0.05) is 29.9 Å². The molecule has 3 rings (SSSR count). The Labute approximate surface area is 169 Å². The van der Waals surface area contributed by atoms with Crippen molar-refractivity contribution >= 4 is 51.9 Å². The minimum atomic E-state index is -0.478. The van der Waals surface area contributed by atoms with Gasteiger partial charge in [-0.1, -0.05) is 11.6 Å². The predicted octanol–water partition coefficient (Wildman–Crippen LogP) is 4.53. The SMILES string of the molecule is CN(C1=NC(=O)/C(=C/C(Cl)=C\c2ccc([N+](=O)[O-])cc2)S1)c1ccc(O)cc1. The average Bonchev–Trinajstić information content (AvgIpc) is 3.02. The average molecular weight is 416 g/mol. The van der Waals surface area contributed by atoms with Crippen molar-refractivity contribution in [3.63, 3.8) is 0 Å².